The van der Waals surface area contributed by atoms with Crippen LogP contribution in [0.15, 0.2) is 66.2 Å². The van der Waals surface area contributed by atoms with E-state index in [1.54, 1.807) is 47.8 Å². The fourth-order valence-electron chi connectivity index (χ4n) is 5.06. The fourth-order valence-corrected chi connectivity index (χ4v) is 6.37. The fraction of sp³-hybridized carbons (Fsp3) is 0.379. The van der Waals surface area contributed by atoms with Gasteiger partial charge in [0.2, 0.25) is 0 Å². The van der Waals surface area contributed by atoms with E-state index in [4.69, 9.17) is 4.74 Å². The van der Waals surface area contributed by atoms with Crippen LogP contribution < -0.4 is 4.90 Å². The van der Waals surface area contributed by atoms with E-state index in [0.29, 0.717) is 42.1 Å². The maximum absolute atomic E-state index is 13.9. The summed E-state index contributed by atoms with van der Waals surface area (Å²) in [5.74, 6) is 0.619. The van der Waals surface area contributed by atoms with E-state index in [-0.39, 0.29) is 23.1 Å². The smallest absolute Gasteiger partial charge is 0.410 e. The van der Waals surface area contributed by atoms with Gasteiger partial charge in [0.25, 0.3) is 10.0 Å². The van der Waals surface area contributed by atoms with E-state index >= 15 is 0 Å². The quantitative estimate of drug-likeness (QED) is 0.293. The van der Waals surface area contributed by atoms with Crippen LogP contribution in [0.3, 0.4) is 0 Å². The average molecular weight is 563 g/mol. The van der Waals surface area contributed by atoms with Crippen molar-refractivity contribution in [1.82, 2.24) is 23.8 Å². The second kappa shape index (κ2) is 11.2. The van der Waals surface area contributed by atoms with Gasteiger partial charge < -0.3 is 14.5 Å². The molecule has 40 heavy (non-hydrogen) atoms. The van der Waals surface area contributed by atoms with Crippen molar-refractivity contribution in [2.45, 2.75) is 57.5 Å². The second-order valence-electron chi connectivity index (χ2n) is 10.3. The van der Waals surface area contributed by atoms with Crippen LogP contribution in [-0.2, 0) is 14.8 Å². The Morgan fingerprint density at radius 2 is 1.75 bits per heavy atom. The van der Waals surface area contributed by atoms with Crippen LogP contribution in [-0.4, -0.2) is 70.1 Å². The molecule has 1 amide bonds. The molecule has 3 aromatic heterocycles. The molecule has 2 atom stereocenters. The highest BCUT2D eigenvalue weighted by atomic mass is 32.2. The largest absolute Gasteiger partial charge is 0.449 e. The monoisotopic (exact) mass is 562 g/mol. The molecular formula is C29H34N6O4S. The number of fused-ring (bicyclic) bond motifs is 1. The average Bonchev–Trinajstić information content (AvgIpc) is 3.36. The molecule has 11 heteroatoms. The number of aryl methyl sites for hydroxylation is 1. The van der Waals surface area contributed by atoms with E-state index in [1.807, 2.05) is 32.9 Å². The molecule has 0 radical (unpaired) electrons. The normalized spacial score (nSPS) is 17.8. The molecule has 0 saturated carbocycles. The maximum atomic E-state index is 13.9. The van der Waals surface area contributed by atoms with Crippen LogP contribution in [0.2, 0.25) is 0 Å². The zero-order valence-electron chi connectivity index (χ0n) is 23.2. The van der Waals surface area contributed by atoms with Crippen molar-refractivity contribution in [2.24, 2.45) is 0 Å². The minimum Gasteiger partial charge on any atom is -0.449 e. The number of hydrogen-bond acceptors (Lipinski definition) is 8. The van der Waals surface area contributed by atoms with Crippen molar-refractivity contribution in [1.29, 1.82) is 0 Å². The van der Waals surface area contributed by atoms with Gasteiger partial charge in [0.1, 0.15) is 12.1 Å². The Morgan fingerprint density at radius 1 is 1.02 bits per heavy atom. The summed E-state index contributed by atoms with van der Waals surface area (Å²) in [6, 6.07) is 10.2. The van der Waals surface area contributed by atoms with Crippen molar-refractivity contribution in [3.63, 3.8) is 0 Å². The Morgan fingerprint density at radius 3 is 2.45 bits per heavy atom. The molecule has 1 aliphatic rings. The molecule has 0 N–H and O–H groups in total. The predicted molar refractivity (Wildman–Crippen MR) is 154 cm³/mol. The van der Waals surface area contributed by atoms with E-state index in [0.717, 1.165) is 24.0 Å². The Hall–Kier alpha value is -3.99. The number of carbonyl (C=O) groups is 1. The summed E-state index contributed by atoms with van der Waals surface area (Å²) >= 11 is 0. The number of piperazine rings is 1. The molecule has 0 spiro atoms. The van der Waals surface area contributed by atoms with E-state index in [1.165, 1.54) is 10.3 Å². The van der Waals surface area contributed by atoms with Gasteiger partial charge >= 0.3 is 6.09 Å². The molecule has 0 unspecified atom stereocenters. The molecule has 4 heterocycles. The van der Waals surface area contributed by atoms with Gasteiger partial charge in [0.05, 0.1) is 16.9 Å². The highest BCUT2D eigenvalue weighted by molar-refractivity contribution is 7.90. The zero-order chi connectivity index (χ0) is 28.4. The topological polar surface area (TPSA) is 111 Å². The molecule has 210 valence electrons. The highest BCUT2D eigenvalue weighted by Gasteiger charge is 2.35. The van der Waals surface area contributed by atoms with E-state index in [2.05, 4.69) is 26.8 Å². The first-order valence-corrected chi connectivity index (χ1v) is 14.9. The Bertz CT molecular complexity index is 1610. The lowest BCUT2D eigenvalue weighted by molar-refractivity contribution is 0.0781. The SMILES string of the molecule is CCCCOC(=O)N1C[C@H](C)N(c2ncnc3c2c(-c2ccncc2)cn3S(=O)(=O)c2ccc(C)cc2)C[C@H]1C. The summed E-state index contributed by atoms with van der Waals surface area (Å²) < 4.78 is 34.4. The van der Waals surface area contributed by atoms with Crippen LogP contribution >= 0.6 is 0 Å². The number of hydrogen-bond donors (Lipinski definition) is 0. The molecular weight excluding hydrogens is 528 g/mol. The van der Waals surface area contributed by atoms with Crippen LogP contribution in [0.4, 0.5) is 10.6 Å². The van der Waals surface area contributed by atoms with Gasteiger partial charge in [0.15, 0.2) is 5.65 Å². The number of unbranched alkanes of at least 4 members (excludes halogenated alkanes) is 1. The number of pyridine rings is 1. The van der Waals surface area contributed by atoms with Gasteiger partial charge in [-0.2, -0.15) is 0 Å². The van der Waals surface area contributed by atoms with Gasteiger partial charge in [0, 0.05) is 49.3 Å². The van der Waals surface area contributed by atoms with Gasteiger partial charge in [-0.25, -0.2) is 27.2 Å². The Balaban J connectivity index is 1.60. The van der Waals surface area contributed by atoms with Crippen molar-refractivity contribution in [3.8, 4) is 11.1 Å². The van der Waals surface area contributed by atoms with Gasteiger partial charge in [-0.15, -0.1) is 0 Å². The minimum atomic E-state index is -3.95. The molecule has 10 nitrogen and oxygen atoms in total. The summed E-state index contributed by atoms with van der Waals surface area (Å²) in [6.07, 6.45) is 7.83. The Kier molecular flexibility index (Phi) is 7.75. The van der Waals surface area contributed by atoms with Crippen LogP contribution in [0.25, 0.3) is 22.2 Å². The van der Waals surface area contributed by atoms with Crippen LogP contribution in [0, 0.1) is 6.92 Å². The number of carbonyl (C=O) groups excluding carboxylic acids is 1. The first-order chi connectivity index (χ1) is 19.2. The van der Waals surface area contributed by atoms with Crippen LogP contribution in [0.1, 0.15) is 39.2 Å². The lowest BCUT2D eigenvalue weighted by atomic mass is 10.0. The molecule has 1 aromatic carbocycles. The van der Waals surface area contributed by atoms with Gasteiger partial charge in [-0.3, -0.25) is 4.98 Å². The third-order valence-corrected chi connectivity index (χ3v) is 8.98. The third kappa shape index (κ3) is 5.13. The van der Waals surface area contributed by atoms with Crippen molar-refractivity contribution in [2.75, 3.05) is 24.6 Å². The number of nitrogens with zero attached hydrogens (tertiary/aromatic N) is 6. The molecule has 1 fully saturated rings. The summed E-state index contributed by atoms with van der Waals surface area (Å²) in [4.78, 5) is 30.1. The zero-order valence-corrected chi connectivity index (χ0v) is 24.0. The second-order valence-corrected chi connectivity index (χ2v) is 12.1. The number of ether oxygens (including phenoxy) is 1. The number of rotatable bonds is 7. The number of benzene rings is 1. The molecule has 0 bridgehead atoms. The molecule has 1 saturated heterocycles. The molecule has 1 aliphatic heterocycles. The predicted octanol–water partition coefficient (Wildman–Crippen LogP) is 4.87. The molecule has 5 rings (SSSR count). The summed E-state index contributed by atoms with van der Waals surface area (Å²) in [7, 11) is -3.95. The van der Waals surface area contributed by atoms with Gasteiger partial charge in [-0.05, 0) is 57.0 Å². The first-order valence-electron chi connectivity index (χ1n) is 13.5. The summed E-state index contributed by atoms with van der Waals surface area (Å²) in [6.45, 7) is 9.33. The third-order valence-electron chi connectivity index (χ3n) is 7.32. The number of amides is 1. The minimum absolute atomic E-state index is 0.102. The van der Waals surface area contributed by atoms with Crippen molar-refractivity contribution >= 4 is 33.0 Å². The summed E-state index contributed by atoms with van der Waals surface area (Å²) in [5, 5.41) is 0.627. The van der Waals surface area contributed by atoms with Gasteiger partial charge in [-0.1, -0.05) is 31.0 Å². The number of aromatic nitrogens is 4. The summed E-state index contributed by atoms with van der Waals surface area (Å²) in [5.41, 5.74) is 2.74. The van der Waals surface area contributed by atoms with Crippen LogP contribution in [0.5, 0.6) is 0 Å². The molecule has 0 aliphatic carbocycles. The lowest BCUT2D eigenvalue weighted by Gasteiger charge is -2.44. The van der Waals surface area contributed by atoms with Crippen molar-refractivity contribution < 1.29 is 17.9 Å². The van der Waals surface area contributed by atoms with E-state index < -0.39 is 10.0 Å². The lowest BCUT2D eigenvalue weighted by Crippen LogP contribution is -2.58. The number of anilines is 1. The van der Waals surface area contributed by atoms with E-state index in [9.17, 15) is 13.2 Å². The molecule has 4 aromatic rings. The Labute approximate surface area is 234 Å². The first kappa shape index (κ1) is 27.6. The maximum Gasteiger partial charge on any atom is 0.410 e. The van der Waals surface area contributed by atoms with Crippen molar-refractivity contribution in [3.05, 3.63) is 66.9 Å². The standard InChI is InChI=1S/C29H34N6O4S/c1-5-6-15-39-29(36)34-17-21(3)33(16-22(34)4)27-26-25(23-11-13-30-14-12-23)18-35(28(26)32-19-31-27)40(37,38)24-9-7-20(2)8-10-24/h7-14,18-19,21-22H,5-6,15-17H2,1-4H3/t21-,22+/m0/s1. The highest BCUT2D eigenvalue weighted by Crippen LogP contribution is 2.38.